The summed E-state index contributed by atoms with van der Waals surface area (Å²) >= 11 is 0. The number of methoxy groups -OCH3 is 1. The van der Waals surface area contributed by atoms with Crippen molar-refractivity contribution in [1.82, 2.24) is 0 Å². The van der Waals surface area contributed by atoms with Crippen molar-refractivity contribution >= 4 is 23.8 Å². The molecule has 3 heteroatoms. The topological polar surface area (TPSA) is 18.5 Å². The molecule has 0 saturated carbocycles. The van der Waals surface area contributed by atoms with Gasteiger partial charge < -0.3 is 9.47 Å². The Hall–Kier alpha value is -2.77. The summed E-state index contributed by atoms with van der Waals surface area (Å²) in [6, 6.07) is 40.5. The lowest BCUT2D eigenvalue weighted by Gasteiger charge is -2.24. The lowest BCUT2D eigenvalue weighted by Crippen LogP contribution is -2.24. The van der Waals surface area contributed by atoms with Crippen LogP contribution >= 0.6 is 7.92 Å². The molecular weight excluding hydrogens is 399 g/mol. The van der Waals surface area contributed by atoms with Crippen LogP contribution in [0.5, 0.6) is 0 Å². The summed E-state index contributed by atoms with van der Waals surface area (Å²) in [5.41, 5.74) is 2.36. The highest BCUT2D eigenvalue weighted by molar-refractivity contribution is 7.79. The highest BCUT2D eigenvalue weighted by Crippen LogP contribution is 2.34. The smallest absolute Gasteiger partial charge is 0.106 e. The Bertz CT molecular complexity index is 1010. The van der Waals surface area contributed by atoms with Crippen LogP contribution in [0.2, 0.25) is 0 Å². The first kappa shape index (κ1) is 21.5. The van der Waals surface area contributed by atoms with Crippen molar-refractivity contribution in [2.45, 2.75) is 12.7 Å². The van der Waals surface area contributed by atoms with Crippen molar-refractivity contribution in [1.29, 1.82) is 0 Å². The standard InChI is InChI=1S/C28H27O2P/c1-29-22-27(23-13-5-2-6-14-23)30-21-24-15-11-12-20-28(24)31(25-16-7-3-8-17-25)26-18-9-4-10-19-26/h2-20,27H,21-22H2,1H3/t27-/m1/s1. The molecule has 0 unspecified atom stereocenters. The van der Waals surface area contributed by atoms with E-state index in [-0.39, 0.29) is 6.10 Å². The van der Waals surface area contributed by atoms with Gasteiger partial charge in [-0.1, -0.05) is 115 Å². The lowest BCUT2D eigenvalue weighted by atomic mass is 10.1. The van der Waals surface area contributed by atoms with E-state index in [4.69, 9.17) is 9.47 Å². The number of benzene rings is 4. The van der Waals surface area contributed by atoms with Gasteiger partial charge in [-0.3, -0.25) is 0 Å². The average molecular weight is 426 g/mol. The molecule has 0 aliphatic rings. The maximum Gasteiger partial charge on any atom is 0.106 e. The Balaban J connectivity index is 1.66. The van der Waals surface area contributed by atoms with Gasteiger partial charge in [0.15, 0.2) is 0 Å². The van der Waals surface area contributed by atoms with E-state index in [1.165, 1.54) is 21.5 Å². The van der Waals surface area contributed by atoms with Crippen LogP contribution in [0.25, 0.3) is 0 Å². The average Bonchev–Trinajstić information content (AvgIpc) is 2.85. The normalized spacial score (nSPS) is 12.1. The molecule has 0 amide bonds. The fourth-order valence-electron chi connectivity index (χ4n) is 3.68. The van der Waals surface area contributed by atoms with E-state index in [1.807, 2.05) is 18.2 Å². The number of ether oxygens (including phenoxy) is 2. The van der Waals surface area contributed by atoms with Crippen LogP contribution in [0.1, 0.15) is 17.2 Å². The second-order valence-corrected chi connectivity index (χ2v) is 9.49. The van der Waals surface area contributed by atoms with Gasteiger partial charge in [0.05, 0.1) is 13.2 Å². The summed E-state index contributed by atoms with van der Waals surface area (Å²) in [5, 5.41) is 4.01. The van der Waals surface area contributed by atoms with Gasteiger partial charge in [0.2, 0.25) is 0 Å². The maximum atomic E-state index is 6.40. The molecule has 2 nitrogen and oxygen atoms in total. The first-order valence-corrected chi connectivity index (χ1v) is 11.8. The minimum absolute atomic E-state index is 0.0982. The molecule has 4 aromatic rings. The number of hydrogen-bond acceptors (Lipinski definition) is 2. The third-order valence-corrected chi connectivity index (χ3v) is 7.74. The van der Waals surface area contributed by atoms with E-state index in [9.17, 15) is 0 Å². The van der Waals surface area contributed by atoms with Crippen molar-refractivity contribution in [3.05, 3.63) is 126 Å². The third-order valence-electron chi connectivity index (χ3n) is 5.19. The van der Waals surface area contributed by atoms with Crippen molar-refractivity contribution in [3.8, 4) is 0 Å². The van der Waals surface area contributed by atoms with Gasteiger partial charge in [0.1, 0.15) is 6.10 Å². The van der Waals surface area contributed by atoms with E-state index in [2.05, 4.69) is 97.1 Å². The van der Waals surface area contributed by atoms with E-state index in [0.717, 1.165) is 5.56 Å². The Morgan fingerprint density at radius 2 is 1.16 bits per heavy atom. The lowest BCUT2D eigenvalue weighted by molar-refractivity contribution is -0.0125. The van der Waals surface area contributed by atoms with Gasteiger partial charge in [0, 0.05) is 7.11 Å². The Labute approximate surface area is 186 Å². The molecule has 0 N–H and O–H groups in total. The highest BCUT2D eigenvalue weighted by Gasteiger charge is 2.20. The molecule has 0 spiro atoms. The number of rotatable bonds is 9. The van der Waals surface area contributed by atoms with Gasteiger partial charge in [-0.15, -0.1) is 0 Å². The molecular formula is C28H27O2P. The second kappa shape index (κ2) is 11.0. The monoisotopic (exact) mass is 426 g/mol. The minimum Gasteiger partial charge on any atom is -0.382 e. The molecule has 0 heterocycles. The van der Waals surface area contributed by atoms with Gasteiger partial charge in [-0.2, -0.15) is 0 Å². The molecule has 31 heavy (non-hydrogen) atoms. The summed E-state index contributed by atoms with van der Waals surface area (Å²) in [6.07, 6.45) is -0.0982. The summed E-state index contributed by atoms with van der Waals surface area (Å²) in [6.45, 7) is 1.07. The molecule has 0 radical (unpaired) electrons. The zero-order valence-corrected chi connectivity index (χ0v) is 18.6. The maximum absolute atomic E-state index is 6.40. The first-order valence-electron chi connectivity index (χ1n) is 10.5. The molecule has 0 saturated heterocycles. The van der Waals surface area contributed by atoms with E-state index >= 15 is 0 Å². The molecule has 0 aromatic heterocycles. The largest absolute Gasteiger partial charge is 0.382 e. The Morgan fingerprint density at radius 1 is 0.645 bits per heavy atom. The van der Waals surface area contributed by atoms with Crippen LogP contribution in [0.3, 0.4) is 0 Å². The molecule has 4 aromatic carbocycles. The van der Waals surface area contributed by atoms with Gasteiger partial charge in [-0.05, 0) is 35.0 Å². The minimum atomic E-state index is -0.671. The molecule has 0 aliphatic heterocycles. The Kier molecular flexibility index (Phi) is 7.63. The molecule has 4 rings (SSSR count). The predicted molar refractivity (Wildman–Crippen MR) is 131 cm³/mol. The van der Waals surface area contributed by atoms with Crippen LogP contribution in [0, 0.1) is 0 Å². The molecule has 156 valence electrons. The van der Waals surface area contributed by atoms with Crippen LogP contribution in [-0.2, 0) is 16.1 Å². The fourth-order valence-corrected chi connectivity index (χ4v) is 6.14. The van der Waals surface area contributed by atoms with Crippen molar-refractivity contribution in [3.63, 3.8) is 0 Å². The SMILES string of the molecule is COC[C@@H](OCc1ccccc1P(c1ccccc1)c1ccccc1)c1ccccc1. The molecule has 0 bridgehead atoms. The molecule has 0 aliphatic carbocycles. The quantitative estimate of drug-likeness (QED) is 0.336. The van der Waals surface area contributed by atoms with E-state index in [0.29, 0.717) is 13.2 Å². The van der Waals surface area contributed by atoms with E-state index in [1.54, 1.807) is 7.11 Å². The van der Waals surface area contributed by atoms with Gasteiger partial charge in [0.25, 0.3) is 0 Å². The van der Waals surface area contributed by atoms with Gasteiger partial charge >= 0.3 is 0 Å². The molecule has 0 fully saturated rings. The number of hydrogen-bond donors (Lipinski definition) is 0. The van der Waals surface area contributed by atoms with Crippen LogP contribution in [0.15, 0.2) is 115 Å². The van der Waals surface area contributed by atoms with Crippen LogP contribution in [0.4, 0.5) is 0 Å². The second-order valence-electron chi connectivity index (χ2n) is 7.30. The van der Waals surface area contributed by atoms with Crippen molar-refractivity contribution < 1.29 is 9.47 Å². The predicted octanol–water partition coefficient (Wildman–Crippen LogP) is 5.35. The summed E-state index contributed by atoms with van der Waals surface area (Å²) < 4.78 is 11.8. The van der Waals surface area contributed by atoms with Crippen molar-refractivity contribution in [2.75, 3.05) is 13.7 Å². The summed E-state index contributed by atoms with van der Waals surface area (Å²) in [4.78, 5) is 0. The first-order chi connectivity index (χ1) is 15.4. The zero-order valence-electron chi connectivity index (χ0n) is 17.7. The summed E-state index contributed by atoms with van der Waals surface area (Å²) in [7, 11) is 1.05. The van der Waals surface area contributed by atoms with Crippen LogP contribution in [-0.4, -0.2) is 13.7 Å². The van der Waals surface area contributed by atoms with Crippen molar-refractivity contribution in [2.24, 2.45) is 0 Å². The van der Waals surface area contributed by atoms with E-state index < -0.39 is 7.92 Å². The highest BCUT2D eigenvalue weighted by atomic mass is 31.1. The Morgan fingerprint density at radius 3 is 1.74 bits per heavy atom. The van der Waals surface area contributed by atoms with Crippen LogP contribution < -0.4 is 15.9 Å². The van der Waals surface area contributed by atoms with Gasteiger partial charge in [-0.25, -0.2) is 0 Å². The third kappa shape index (κ3) is 5.48. The fraction of sp³-hybridized carbons (Fsp3) is 0.143. The zero-order chi connectivity index (χ0) is 21.3. The molecule has 1 atom stereocenters. The summed E-state index contributed by atoms with van der Waals surface area (Å²) in [5.74, 6) is 0.